The second-order valence-electron chi connectivity index (χ2n) is 3.41. The number of para-hydroxylation sites is 1. The minimum Gasteiger partial charge on any atom is -0.308 e. The molecule has 5 heteroatoms. The first-order valence-corrected chi connectivity index (χ1v) is 5.22. The van der Waals surface area contributed by atoms with E-state index < -0.39 is 16.9 Å². The minimum atomic E-state index is -2.59. The molecule has 1 aromatic rings. The van der Waals surface area contributed by atoms with Gasteiger partial charge in [0.2, 0.25) is 0 Å². The molecule has 0 aromatic heterocycles. The van der Waals surface area contributed by atoms with E-state index in [1.54, 1.807) is 24.3 Å². The van der Waals surface area contributed by atoms with Crippen molar-refractivity contribution in [1.29, 1.82) is 0 Å². The van der Waals surface area contributed by atoms with E-state index in [1.807, 2.05) is 0 Å². The Morgan fingerprint density at radius 1 is 1.40 bits per heavy atom. The van der Waals surface area contributed by atoms with Crippen LogP contribution in [0.3, 0.4) is 0 Å². The number of hydrogen-bond acceptors (Lipinski definition) is 2. The predicted octanol–water partition coefficient (Wildman–Crippen LogP) is 0.784. The van der Waals surface area contributed by atoms with Crippen molar-refractivity contribution in [2.75, 3.05) is 0 Å². The Morgan fingerprint density at radius 2 is 2.07 bits per heavy atom. The molecule has 2 unspecified atom stereocenters. The van der Waals surface area contributed by atoms with Gasteiger partial charge in [-0.3, -0.25) is 4.99 Å². The van der Waals surface area contributed by atoms with E-state index in [2.05, 4.69) is 20.9 Å². The van der Waals surface area contributed by atoms with Gasteiger partial charge in [-0.25, -0.2) is 8.78 Å². The SMILES string of the molecule is NC1N=c2ccccc2=CC1(Br)C(F)F. The Morgan fingerprint density at radius 3 is 2.73 bits per heavy atom. The van der Waals surface area contributed by atoms with Crippen molar-refractivity contribution >= 4 is 22.0 Å². The first kappa shape index (κ1) is 10.7. The van der Waals surface area contributed by atoms with Gasteiger partial charge in [0.25, 0.3) is 6.43 Å². The lowest BCUT2D eigenvalue weighted by Crippen LogP contribution is -2.52. The Labute approximate surface area is 93.6 Å². The number of benzene rings is 1. The molecule has 0 spiro atoms. The second kappa shape index (κ2) is 3.64. The summed E-state index contributed by atoms with van der Waals surface area (Å²) in [5.41, 5.74) is 5.60. The van der Waals surface area contributed by atoms with Crippen molar-refractivity contribution in [2.45, 2.75) is 16.9 Å². The molecule has 0 bridgehead atoms. The van der Waals surface area contributed by atoms with Gasteiger partial charge in [-0.05, 0) is 17.4 Å². The highest BCUT2D eigenvalue weighted by atomic mass is 79.9. The molecule has 1 aliphatic rings. The van der Waals surface area contributed by atoms with Gasteiger partial charge in [0.05, 0.1) is 5.36 Å². The van der Waals surface area contributed by atoms with Crippen molar-refractivity contribution in [3.63, 3.8) is 0 Å². The fourth-order valence-electron chi connectivity index (χ4n) is 1.49. The summed E-state index contributed by atoms with van der Waals surface area (Å²) in [6.45, 7) is 0. The van der Waals surface area contributed by atoms with E-state index in [0.29, 0.717) is 10.6 Å². The van der Waals surface area contributed by atoms with Crippen molar-refractivity contribution < 1.29 is 8.78 Å². The van der Waals surface area contributed by atoms with Crippen LogP contribution in [-0.2, 0) is 0 Å². The molecule has 0 fully saturated rings. The number of alkyl halides is 3. The number of fused-ring (bicyclic) bond motifs is 1. The number of nitrogens with zero attached hydrogens (tertiary/aromatic N) is 1. The summed E-state index contributed by atoms with van der Waals surface area (Å²) in [4.78, 5) is 4.04. The van der Waals surface area contributed by atoms with Gasteiger partial charge in [-0.1, -0.05) is 34.1 Å². The molecule has 0 saturated heterocycles. The highest BCUT2D eigenvalue weighted by molar-refractivity contribution is 9.10. The number of nitrogens with two attached hydrogens (primary N) is 1. The molecule has 2 N–H and O–H groups in total. The average molecular weight is 275 g/mol. The smallest absolute Gasteiger partial charge is 0.260 e. The Kier molecular flexibility index (Phi) is 2.60. The van der Waals surface area contributed by atoms with Crippen LogP contribution in [-0.4, -0.2) is 16.9 Å². The zero-order valence-corrected chi connectivity index (χ0v) is 9.29. The van der Waals surface area contributed by atoms with Crippen LogP contribution in [0.15, 0.2) is 29.3 Å². The molecule has 0 saturated carbocycles. The molecule has 80 valence electrons. The van der Waals surface area contributed by atoms with Crippen LogP contribution in [0.1, 0.15) is 0 Å². The van der Waals surface area contributed by atoms with E-state index in [-0.39, 0.29) is 0 Å². The highest BCUT2D eigenvalue weighted by Gasteiger charge is 2.42. The lowest BCUT2D eigenvalue weighted by Gasteiger charge is -2.29. The van der Waals surface area contributed by atoms with E-state index in [4.69, 9.17) is 5.73 Å². The number of rotatable bonds is 1. The largest absolute Gasteiger partial charge is 0.308 e. The van der Waals surface area contributed by atoms with Gasteiger partial charge in [0.1, 0.15) is 10.5 Å². The standard InChI is InChI=1S/C10H9BrF2N2/c11-10(8(12)13)5-6-3-1-2-4-7(6)15-9(10)14/h1-5,8-9H,14H2. The van der Waals surface area contributed by atoms with E-state index in [9.17, 15) is 8.78 Å². The first-order chi connectivity index (χ1) is 7.04. The Hall–Kier alpha value is -0.810. The predicted molar refractivity (Wildman–Crippen MR) is 57.3 cm³/mol. The molecule has 15 heavy (non-hydrogen) atoms. The van der Waals surface area contributed by atoms with Gasteiger partial charge < -0.3 is 5.73 Å². The van der Waals surface area contributed by atoms with Crippen LogP contribution in [0.4, 0.5) is 8.78 Å². The normalized spacial score (nSPS) is 29.3. The zero-order valence-electron chi connectivity index (χ0n) is 7.70. The Bertz CT molecular complexity index is 488. The fraction of sp³-hybridized carbons (Fsp3) is 0.300. The molecule has 0 amide bonds. The fourth-order valence-corrected chi connectivity index (χ4v) is 1.84. The van der Waals surface area contributed by atoms with Crippen molar-refractivity contribution in [2.24, 2.45) is 10.7 Å². The summed E-state index contributed by atoms with van der Waals surface area (Å²) in [5.74, 6) is 0. The topological polar surface area (TPSA) is 38.4 Å². The highest BCUT2D eigenvalue weighted by Crippen LogP contribution is 2.32. The molecule has 1 aliphatic heterocycles. The summed E-state index contributed by atoms with van der Waals surface area (Å²) in [6.07, 6.45) is -2.12. The molecule has 0 aliphatic carbocycles. The van der Waals surface area contributed by atoms with Gasteiger partial charge in [0, 0.05) is 0 Å². The summed E-state index contributed by atoms with van der Waals surface area (Å²) in [6, 6.07) is 7.07. The maximum absolute atomic E-state index is 12.8. The first-order valence-electron chi connectivity index (χ1n) is 4.42. The quantitative estimate of drug-likeness (QED) is 0.756. The molecular formula is C10H9BrF2N2. The summed E-state index contributed by atoms with van der Waals surface area (Å²) in [7, 11) is 0. The lowest BCUT2D eigenvalue weighted by molar-refractivity contribution is 0.115. The van der Waals surface area contributed by atoms with Gasteiger partial charge in [-0.15, -0.1) is 0 Å². The van der Waals surface area contributed by atoms with E-state index in [1.165, 1.54) is 6.08 Å². The number of hydrogen-bond donors (Lipinski definition) is 1. The van der Waals surface area contributed by atoms with E-state index >= 15 is 0 Å². The number of halogens is 3. The molecule has 2 rings (SSSR count). The molecule has 2 nitrogen and oxygen atoms in total. The third-order valence-electron chi connectivity index (χ3n) is 2.38. The van der Waals surface area contributed by atoms with Crippen LogP contribution < -0.4 is 16.3 Å². The van der Waals surface area contributed by atoms with Gasteiger partial charge in [0.15, 0.2) is 0 Å². The van der Waals surface area contributed by atoms with Crippen molar-refractivity contribution in [3.8, 4) is 0 Å². The van der Waals surface area contributed by atoms with Crippen LogP contribution in [0.25, 0.3) is 6.08 Å². The molecule has 1 heterocycles. The molecule has 0 radical (unpaired) electrons. The summed E-state index contributed by atoms with van der Waals surface area (Å²) < 4.78 is 24.1. The summed E-state index contributed by atoms with van der Waals surface area (Å²) in [5, 5.41) is 1.33. The molecule has 2 atom stereocenters. The average Bonchev–Trinajstić information content (AvgIpc) is 2.19. The minimum absolute atomic E-state index is 0.653. The lowest BCUT2D eigenvalue weighted by atomic mass is 10.0. The van der Waals surface area contributed by atoms with Gasteiger partial charge >= 0.3 is 0 Å². The van der Waals surface area contributed by atoms with Gasteiger partial charge in [-0.2, -0.15) is 0 Å². The monoisotopic (exact) mass is 274 g/mol. The summed E-state index contributed by atoms with van der Waals surface area (Å²) >= 11 is 2.97. The third-order valence-corrected chi connectivity index (χ3v) is 3.42. The van der Waals surface area contributed by atoms with Crippen LogP contribution in [0, 0.1) is 0 Å². The van der Waals surface area contributed by atoms with Crippen molar-refractivity contribution in [1.82, 2.24) is 0 Å². The van der Waals surface area contributed by atoms with Crippen LogP contribution >= 0.6 is 15.9 Å². The molecular weight excluding hydrogens is 266 g/mol. The van der Waals surface area contributed by atoms with Crippen LogP contribution in [0.2, 0.25) is 0 Å². The zero-order chi connectivity index (χ0) is 11.1. The maximum Gasteiger partial charge on any atom is 0.260 e. The molecule has 1 aromatic carbocycles. The maximum atomic E-state index is 12.8. The Balaban J connectivity index is 2.66. The third kappa shape index (κ3) is 1.70. The van der Waals surface area contributed by atoms with Crippen molar-refractivity contribution in [3.05, 3.63) is 34.8 Å². The van der Waals surface area contributed by atoms with E-state index in [0.717, 1.165) is 0 Å². The second-order valence-corrected chi connectivity index (χ2v) is 4.78. The van der Waals surface area contributed by atoms with Crippen LogP contribution in [0.5, 0.6) is 0 Å².